The molecule has 4 aliphatic rings. The van der Waals surface area contributed by atoms with Crippen molar-refractivity contribution in [2.75, 3.05) is 6.61 Å². The lowest BCUT2D eigenvalue weighted by Gasteiger charge is -2.54. The number of rotatable bonds is 4. The van der Waals surface area contributed by atoms with Crippen molar-refractivity contribution in [1.29, 1.82) is 0 Å². The maximum atomic E-state index is 12.4. The lowest BCUT2D eigenvalue weighted by atomic mass is 9.54. The number of hydrogen-bond donors (Lipinski definition) is 3. The van der Waals surface area contributed by atoms with Crippen molar-refractivity contribution in [1.82, 2.24) is 10.3 Å². The summed E-state index contributed by atoms with van der Waals surface area (Å²) in [5, 5.41) is 12.2. The van der Waals surface area contributed by atoms with Gasteiger partial charge in [-0.15, -0.1) is 0 Å². The van der Waals surface area contributed by atoms with E-state index in [1.165, 1.54) is 38.4 Å². The van der Waals surface area contributed by atoms with Gasteiger partial charge in [0.2, 0.25) is 5.89 Å². The third-order valence-electron chi connectivity index (χ3n) is 5.79. The molecular weight excluding hydrogens is 282 g/mol. The van der Waals surface area contributed by atoms with Crippen LogP contribution in [0.2, 0.25) is 0 Å². The van der Waals surface area contributed by atoms with Crippen LogP contribution in [0.1, 0.15) is 54.5 Å². The molecule has 1 amide bonds. The highest BCUT2D eigenvalue weighted by atomic mass is 16.3. The Morgan fingerprint density at radius 3 is 2.55 bits per heavy atom. The number of nitrogens with one attached hydrogen (secondary N) is 1. The van der Waals surface area contributed by atoms with Crippen LogP contribution in [0.5, 0.6) is 0 Å². The van der Waals surface area contributed by atoms with Crippen molar-refractivity contribution in [2.45, 2.75) is 44.2 Å². The van der Waals surface area contributed by atoms with Gasteiger partial charge in [-0.25, -0.2) is 4.98 Å². The molecule has 22 heavy (non-hydrogen) atoms. The highest BCUT2D eigenvalue weighted by Gasteiger charge is 2.48. The molecule has 6 heteroatoms. The normalized spacial score (nSPS) is 37.3. The van der Waals surface area contributed by atoms with Gasteiger partial charge in [0.1, 0.15) is 12.3 Å². The lowest BCUT2D eigenvalue weighted by Crippen LogP contribution is -2.55. The number of aromatic nitrogens is 1. The minimum absolute atomic E-state index is 0.183. The summed E-state index contributed by atoms with van der Waals surface area (Å²) >= 11 is 0. The maximum Gasteiger partial charge on any atom is 0.273 e. The minimum atomic E-state index is -0.678. The van der Waals surface area contributed by atoms with Crippen LogP contribution in [-0.2, 0) is 0 Å². The van der Waals surface area contributed by atoms with Gasteiger partial charge in [-0.05, 0) is 55.8 Å². The predicted octanol–water partition coefficient (Wildman–Crippen LogP) is 1.22. The van der Waals surface area contributed by atoms with Crippen LogP contribution in [0.4, 0.5) is 0 Å². The molecule has 1 heterocycles. The Morgan fingerprint density at radius 1 is 1.32 bits per heavy atom. The van der Waals surface area contributed by atoms with Crippen LogP contribution >= 0.6 is 0 Å². The number of nitrogens with zero attached hydrogens (tertiary/aromatic N) is 1. The Hall–Kier alpha value is -1.40. The van der Waals surface area contributed by atoms with E-state index >= 15 is 0 Å². The second-order valence-corrected chi connectivity index (χ2v) is 7.29. The second kappa shape index (κ2) is 5.35. The first kappa shape index (κ1) is 14.2. The number of aliphatic hydroxyl groups excluding tert-OH is 1. The highest BCUT2D eigenvalue weighted by Crippen LogP contribution is 2.53. The van der Waals surface area contributed by atoms with Gasteiger partial charge in [-0.2, -0.15) is 0 Å². The summed E-state index contributed by atoms with van der Waals surface area (Å²) in [6, 6.07) is -0.394. The molecule has 0 radical (unpaired) electrons. The zero-order chi connectivity index (χ0) is 15.3. The molecule has 0 spiro atoms. The van der Waals surface area contributed by atoms with Crippen LogP contribution in [0.25, 0.3) is 0 Å². The summed E-state index contributed by atoms with van der Waals surface area (Å²) in [5.74, 6) is 3.06. The fraction of sp³-hybridized carbons (Fsp3) is 0.750. The van der Waals surface area contributed by atoms with Crippen molar-refractivity contribution in [2.24, 2.45) is 29.4 Å². The molecule has 0 aliphatic heterocycles. The quantitative estimate of drug-likeness (QED) is 0.776. The minimum Gasteiger partial charge on any atom is -0.446 e. The van der Waals surface area contributed by atoms with Gasteiger partial charge in [-0.1, -0.05) is 0 Å². The third-order valence-corrected chi connectivity index (χ3v) is 5.79. The van der Waals surface area contributed by atoms with E-state index < -0.39 is 6.04 Å². The number of oxazole rings is 1. The molecular formula is C16H23N3O3. The Morgan fingerprint density at radius 2 is 1.95 bits per heavy atom. The summed E-state index contributed by atoms with van der Waals surface area (Å²) in [7, 11) is 0. The Balaban J connectivity index is 1.45. The molecule has 1 unspecified atom stereocenters. The average molecular weight is 305 g/mol. The van der Waals surface area contributed by atoms with Gasteiger partial charge < -0.3 is 20.6 Å². The molecule has 4 saturated carbocycles. The first-order valence-electron chi connectivity index (χ1n) is 8.26. The maximum absolute atomic E-state index is 12.4. The molecule has 120 valence electrons. The van der Waals surface area contributed by atoms with Gasteiger partial charge in [-0.3, -0.25) is 4.79 Å². The number of carbonyl (C=O) groups is 1. The van der Waals surface area contributed by atoms with Crippen molar-refractivity contribution >= 4 is 5.91 Å². The molecule has 1 aromatic rings. The zero-order valence-electron chi connectivity index (χ0n) is 12.6. The first-order valence-corrected chi connectivity index (χ1v) is 8.26. The lowest BCUT2D eigenvalue weighted by molar-refractivity contribution is -0.0120. The van der Waals surface area contributed by atoms with E-state index in [1.54, 1.807) is 0 Å². The monoisotopic (exact) mass is 305 g/mol. The first-order chi connectivity index (χ1) is 10.6. The van der Waals surface area contributed by atoms with E-state index in [0.717, 1.165) is 11.8 Å². The van der Waals surface area contributed by atoms with E-state index in [4.69, 9.17) is 15.3 Å². The smallest absolute Gasteiger partial charge is 0.273 e. The van der Waals surface area contributed by atoms with Crippen molar-refractivity contribution in [3.63, 3.8) is 0 Å². The van der Waals surface area contributed by atoms with E-state index in [1.807, 2.05) is 0 Å². The van der Waals surface area contributed by atoms with Crippen LogP contribution in [0.3, 0.4) is 0 Å². The summed E-state index contributed by atoms with van der Waals surface area (Å²) in [6.45, 7) is -0.253. The predicted molar refractivity (Wildman–Crippen MR) is 78.8 cm³/mol. The standard InChI is InChI=1S/C16H23N3O3/c17-12(6-20)16-18-13(7-22-16)15(21)19-14-10-2-8-1-9(4-10)5-11(14)3-8/h7-12,14,20H,1-6,17H2,(H,19,21). The SMILES string of the molecule is NC(CO)c1nc(C(=O)NC2C3CC4CC(C3)CC2C4)co1. The third kappa shape index (κ3) is 2.34. The Labute approximate surface area is 129 Å². The topological polar surface area (TPSA) is 101 Å². The number of nitrogens with two attached hydrogens (primary N) is 1. The molecule has 0 aromatic carbocycles. The van der Waals surface area contributed by atoms with Crippen LogP contribution in [0.15, 0.2) is 10.7 Å². The van der Waals surface area contributed by atoms with Crippen LogP contribution in [0, 0.1) is 23.7 Å². The van der Waals surface area contributed by atoms with Crippen LogP contribution in [-0.4, -0.2) is 28.6 Å². The molecule has 5 rings (SSSR count). The molecule has 1 atom stereocenters. The number of hydrogen-bond acceptors (Lipinski definition) is 5. The van der Waals surface area contributed by atoms with Crippen molar-refractivity contribution in [3.05, 3.63) is 17.8 Å². The van der Waals surface area contributed by atoms with Crippen molar-refractivity contribution < 1.29 is 14.3 Å². The van der Waals surface area contributed by atoms with Crippen LogP contribution < -0.4 is 11.1 Å². The fourth-order valence-corrected chi connectivity index (χ4v) is 5.03. The summed E-state index contributed by atoms with van der Waals surface area (Å²) < 4.78 is 5.19. The number of aliphatic hydroxyl groups is 1. The molecule has 4 N–H and O–H groups in total. The fourth-order valence-electron chi connectivity index (χ4n) is 5.03. The highest BCUT2D eigenvalue weighted by molar-refractivity contribution is 5.92. The van der Waals surface area contributed by atoms with E-state index in [-0.39, 0.29) is 30.1 Å². The van der Waals surface area contributed by atoms with Gasteiger partial charge in [0, 0.05) is 6.04 Å². The van der Waals surface area contributed by atoms with E-state index in [0.29, 0.717) is 11.8 Å². The largest absolute Gasteiger partial charge is 0.446 e. The second-order valence-electron chi connectivity index (χ2n) is 7.29. The average Bonchev–Trinajstić information content (AvgIpc) is 2.99. The zero-order valence-corrected chi connectivity index (χ0v) is 12.6. The summed E-state index contributed by atoms with van der Waals surface area (Å²) in [5.41, 5.74) is 5.91. The molecule has 4 fully saturated rings. The number of amides is 1. The van der Waals surface area contributed by atoms with Gasteiger partial charge in [0.15, 0.2) is 5.69 Å². The van der Waals surface area contributed by atoms with E-state index in [9.17, 15) is 4.79 Å². The van der Waals surface area contributed by atoms with Gasteiger partial charge in [0.05, 0.1) is 6.61 Å². The molecule has 1 aromatic heterocycles. The molecule has 6 nitrogen and oxygen atoms in total. The molecule has 4 aliphatic carbocycles. The van der Waals surface area contributed by atoms with Gasteiger partial charge in [0.25, 0.3) is 5.91 Å². The molecule has 4 bridgehead atoms. The Kier molecular flexibility index (Phi) is 3.46. The molecule has 0 saturated heterocycles. The Bertz CT molecular complexity index is 543. The van der Waals surface area contributed by atoms with Gasteiger partial charge >= 0.3 is 0 Å². The summed E-state index contributed by atoms with van der Waals surface area (Å²) in [4.78, 5) is 16.5. The number of carbonyl (C=O) groups excluding carboxylic acids is 1. The van der Waals surface area contributed by atoms with E-state index in [2.05, 4.69) is 10.3 Å². The van der Waals surface area contributed by atoms with Crippen molar-refractivity contribution in [3.8, 4) is 0 Å². The summed E-state index contributed by atoms with van der Waals surface area (Å²) in [6.07, 6.45) is 7.78.